The summed E-state index contributed by atoms with van der Waals surface area (Å²) in [6.45, 7) is 2.20. The number of hydrogen-bond acceptors (Lipinski definition) is 5. The van der Waals surface area contributed by atoms with Crippen LogP contribution in [0.3, 0.4) is 0 Å². The first-order chi connectivity index (χ1) is 14.4. The zero-order valence-corrected chi connectivity index (χ0v) is 18.7. The van der Waals surface area contributed by atoms with Crippen molar-refractivity contribution in [2.75, 3.05) is 26.2 Å². The molecule has 0 saturated carbocycles. The van der Waals surface area contributed by atoms with E-state index in [9.17, 15) is 13.2 Å². The van der Waals surface area contributed by atoms with Gasteiger partial charge in [0.2, 0.25) is 10.0 Å². The lowest BCUT2D eigenvalue weighted by molar-refractivity contribution is 0.0860. The number of carbonyl (C=O) groups is 1. The van der Waals surface area contributed by atoms with Crippen molar-refractivity contribution in [2.24, 2.45) is 4.99 Å². The van der Waals surface area contributed by atoms with Crippen molar-refractivity contribution in [3.05, 3.63) is 64.7 Å². The highest BCUT2D eigenvalue weighted by molar-refractivity contribution is 8.13. The molecule has 0 bridgehead atoms. The molecule has 158 valence electrons. The van der Waals surface area contributed by atoms with Crippen molar-refractivity contribution >= 4 is 44.5 Å². The molecule has 2 aromatic carbocycles. The molecule has 1 fully saturated rings. The largest absolute Gasteiger partial charge is 0.286 e. The van der Waals surface area contributed by atoms with Gasteiger partial charge in [-0.15, -0.1) is 0 Å². The molecule has 0 atom stereocenters. The zero-order valence-electron chi connectivity index (χ0n) is 16.3. The molecule has 1 saturated heterocycles. The molecule has 30 heavy (non-hydrogen) atoms. The second kappa shape index (κ2) is 9.09. The molecule has 2 heterocycles. The minimum absolute atomic E-state index is 0.167. The van der Waals surface area contributed by atoms with Gasteiger partial charge in [0.15, 0.2) is 5.17 Å². The van der Waals surface area contributed by atoms with E-state index in [1.54, 1.807) is 17.0 Å². The third-order valence-electron chi connectivity index (χ3n) is 5.13. The van der Waals surface area contributed by atoms with Crippen LogP contribution in [-0.2, 0) is 15.8 Å². The van der Waals surface area contributed by atoms with Gasteiger partial charge in [-0.05, 0) is 54.8 Å². The summed E-state index contributed by atoms with van der Waals surface area (Å²) in [6.07, 6.45) is 1.78. The van der Waals surface area contributed by atoms with Gasteiger partial charge in [-0.1, -0.05) is 35.5 Å². The molecule has 0 unspecified atom stereocenters. The van der Waals surface area contributed by atoms with Crippen LogP contribution in [0.4, 0.5) is 0 Å². The molecule has 4 rings (SSSR count). The summed E-state index contributed by atoms with van der Waals surface area (Å²) in [5.41, 5.74) is 1.56. The standard InChI is InChI=1S/C21H22ClN3O3S2/c22-18-7-3-16(4-8-18)15-29-21-23-11-14-25(21)20(26)17-5-9-19(10-6-17)30(27,28)24-12-1-2-13-24/h3-10H,1-2,11-15H2. The van der Waals surface area contributed by atoms with Crippen LogP contribution in [0, 0.1) is 0 Å². The van der Waals surface area contributed by atoms with Crippen molar-refractivity contribution in [1.82, 2.24) is 9.21 Å². The third-order valence-corrected chi connectivity index (χ3v) is 8.38. The number of amidine groups is 1. The summed E-state index contributed by atoms with van der Waals surface area (Å²) >= 11 is 7.43. The van der Waals surface area contributed by atoms with Crippen LogP contribution in [0.25, 0.3) is 0 Å². The number of carbonyl (C=O) groups excluding carboxylic acids is 1. The lowest BCUT2D eigenvalue weighted by Gasteiger charge is -2.19. The summed E-state index contributed by atoms with van der Waals surface area (Å²) in [4.78, 5) is 19.3. The number of benzene rings is 2. The van der Waals surface area contributed by atoms with E-state index in [0.29, 0.717) is 47.7 Å². The van der Waals surface area contributed by atoms with Crippen LogP contribution >= 0.6 is 23.4 Å². The Bertz CT molecular complexity index is 1050. The summed E-state index contributed by atoms with van der Waals surface area (Å²) in [7, 11) is -3.48. The Morgan fingerprint density at radius 1 is 1.00 bits per heavy atom. The van der Waals surface area contributed by atoms with Crippen molar-refractivity contribution < 1.29 is 13.2 Å². The summed E-state index contributed by atoms with van der Waals surface area (Å²) in [6, 6.07) is 13.8. The predicted octanol–water partition coefficient (Wildman–Crippen LogP) is 3.87. The Hall–Kier alpha value is -1.87. The molecule has 2 aliphatic rings. The Morgan fingerprint density at radius 3 is 2.33 bits per heavy atom. The van der Waals surface area contributed by atoms with Gasteiger partial charge in [0, 0.05) is 36.0 Å². The molecular formula is C21H22ClN3O3S2. The molecule has 0 aromatic heterocycles. The van der Waals surface area contributed by atoms with Crippen molar-refractivity contribution in [2.45, 2.75) is 23.5 Å². The minimum Gasteiger partial charge on any atom is -0.286 e. The highest BCUT2D eigenvalue weighted by atomic mass is 35.5. The SMILES string of the molecule is O=C(c1ccc(S(=O)(=O)N2CCCC2)cc1)N1CCN=C1SCc1ccc(Cl)cc1. The second-order valence-electron chi connectivity index (χ2n) is 7.17. The fourth-order valence-electron chi connectivity index (χ4n) is 3.47. The molecule has 0 aliphatic carbocycles. The van der Waals surface area contributed by atoms with Gasteiger partial charge in [0.1, 0.15) is 0 Å². The summed E-state index contributed by atoms with van der Waals surface area (Å²) in [5.74, 6) is 0.521. The maximum absolute atomic E-state index is 13.0. The van der Waals surface area contributed by atoms with Gasteiger partial charge in [0.05, 0.1) is 11.4 Å². The fraction of sp³-hybridized carbons (Fsp3) is 0.333. The first-order valence-corrected chi connectivity index (χ1v) is 12.6. The molecule has 0 radical (unpaired) electrons. The maximum Gasteiger partial charge on any atom is 0.259 e. The van der Waals surface area contributed by atoms with Gasteiger partial charge in [-0.3, -0.25) is 14.7 Å². The van der Waals surface area contributed by atoms with Crippen LogP contribution in [0.15, 0.2) is 58.4 Å². The molecule has 0 spiro atoms. The zero-order chi connectivity index (χ0) is 21.1. The Kier molecular flexibility index (Phi) is 6.48. The minimum atomic E-state index is -3.48. The average Bonchev–Trinajstić information content (AvgIpc) is 3.45. The molecule has 2 aromatic rings. The summed E-state index contributed by atoms with van der Waals surface area (Å²) < 4.78 is 26.8. The number of amides is 1. The quantitative estimate of drug-likeness (QED) is 0.674. The second-order valence-corrected chi connectivity index (χ2v) is 10.5. The molecule has 2 aliphatic heterocycles. The number of aliphatic imine (C=N–C) groups is 1. The molecule has 9 heteroatoms. The molecule has 0 N–H and O–H groups in total. The van der Waals surface area contributed by atoms with E-state index in [0.717, 1.165) is 18.4 Å². The number of thioether (sulfide) groups is 1. The smallest absolute Gasteiger partial charge is 0.259 e. The van der Waals surface area contributed by atoms with Gasteiger partial charge in [0.25, 0.3) is 5.91 Å². The van der Waals surface area contributed by atoms with Crippen LogP contribution in [0.1, 0.15) is 28.8 Å². The van der Waals surface area contributed by atoms with E-state index in [-0.39, 0.29) is 10.8 Å². The normalized spacial score (nSPS) is 17.4. The lowest BCUT2D eigenvalue weighted by atomic mass is 10.2. The topological polar surface area (TPSA) is 70.1 Å². The van der Waals surface area contributed by atoms with Gasteiger partial charge in [-0.2, -0.15) is 4.31 Å². The first kappa shape index (κ1) is 21.4. The van der Waals surface area contributed by atoms with Crippen LogP contribution in [0.5, 0.6) is 0 Å². The maximum atomic E-state index is 13.0. The van der Waals surface area contributed by atoms with Crippen LogP contribution in [-0.4, -0.2) is 54.9 Å². The lowest BCUT2D eigenvalue weighted by Crippen LogP contribution is -2.33. The van der Waals surface area contributed by atoms with Crippen LogP contribution < -0.4 is 0 Å². The van der Waals surface area contributed by atoms with Crippen molar-refractivity contribution in [3.63, 3.8) is 0 Å². The Morgan fingerprint density at radius 2 is 1.67 bits per heavy atom. The Labute approximate surface area is 186 Å². The van der Waals surface area contributed by atoms with Gasteiger partial charge >= 0.3 is 0 Å². The Balaban J connectivity index is 1.43. The van der Waals surface area contributed by atoms with Crippen LogP contribution in [0.2, 0.25) is 5.02 Å². The number of sulfonamides is 1. The van der Waals surface area contributed by atoms with Crippen molar-refractivity contribution in [1.29, 1.82) is 0 Å². The van der Waals surface area contributed by atoms with E-state index >= 15 is 0 Å². The van der Waals surface area contributed by atoms with E-state index in [4.69, 9.17) is 11.6 Å². The van der Waals surface area contributed by atoms with Gasteiger partial charge < -0.3 is 0 Å². The third kappa shape index (κ3) is 4.56. The van der Waals surface area contributed by atoms with E-state index in [1.165, 1.54) is 28.2 Å². The number of halogens is 1. The van der Waals surface area contributed by atoms with E-state index < -0.39 is 10.0 Å². The molecule has 1 amide bonds. The highest BCUT2D eigenvalue weighted by Gasteiger charge is 2.28. The number of hydrogen-bond donors (Lipinski definition) is 0. The first-order valence-electron chi connectivity index (χ1n) is 9.79. The van der Waals surface area contributed by atoms with E-state index in [1.807, 2.05) is 24.3 Å². The molecular weight excluding hydrogens is 442 g/mol. The monoisotopic (exact) mass is 463 g/mol. The molecule has 6 nitrogen and oxygen atoms in total. The average molecular weight is 464 g/mol. The van der Waals surface area contributed by atoms with Crippen molar-refractivity contribution in [3.8, 4) is 0 Å². The number of rotatable bonds is 5. The predicted molar refractivity (Wildman–Crippen MR) is 121 cm³/mol. The summed E-state index contributed by atoms with van der Waals surface area (Å²) in [5, 5.41) is 1.37. The fourth-order valence-corrected chi connectivity index (χ4v) is 6.11. The van der Waals surface area contributed by atoms with E-state index in [2.05, 4.69) is 4.99 Å². The number of nitrogens with zero attached hydrogens (tertiary/aromatic N) is 3. The van der Waals surface area contributed by atoms with Gasteiger partial charge in [-0.25, -0.2) is 8.42 Å². The highest BCUT2D eigenvalue weighted by Crippen LogP contribution is 2.24.